The van der Waals surface area contributed by atoms with Crippen LogP contribution in [0.5, 0.6) is 5.88 Å². The fraction of sp³-hybridized carbons (Fsp3) is 0.375. The molecule has 2 aliphatic rings. The van der Waals surface area contributed by atoms with E-state index < -0.39 is 11.9 Å². The lowest BCUT2D eigenvalue weighted by Crippen LogP contribution is -2.40. The minimum atomic E-state index is -4.58. The van der Waals surface area contributed by atoms with E-state index in [0.29, 0.717) is 30.7 Å². The number of aromatic nitrogens is 3. The number of amides is 1. The lowest BCUT2D eigenvalue weighted by molar-refractivity contribution is -0.141. The predicted molar refractivity (Wildman–Crippen MR) is 130 cm³/mol. The number of oxime groups is 1. The average molecular weight is 552 g/mol. The molecule has 0 aliphatic carbocycles. The van der Waals surface area contributed by atoms with Crippen molar-refractivity contribution in [3.63, 3.8) is 0 Å². The molecule has 1 saturated heterocycles. The Bertz CT molecular complexity index is 1290. The molecule has 8 nitrogen and oxygen atoms in total. The van der Waals surface area contributed by atoms with E-state index in [4.69, 9.17) is 26.2 Å². The third-order valence-electron chi connectivity index (χ3n) is 6.20. The van der Waals surface area contributed by atoms with E-state index in [1.165, 1.54) is 0 Å². The highest BCUT2D eigenvalue weighted by atomic mass is 35.5. The lowest BCUT2D eigenvalue weighted by Gasteiger charge is -2.31. The van der Waals surface area contributed by atoms with E-state index in [0.717, 1.165) is 41.0 Å². The first-order valence-electron chi connectivity index (χ1n) is 11.5. The molecule has 4 heterocycles. The molecule has 1 aromatic carbocycles. The predicted octanol–water partition coefficient (Wildman–Crippen LogP) is 5.26. The number of likely N-dealkylation sites (tertiary alicyclic amines) is 1. The normalized spacial score (nSPS) is 18.4. The van der Waals surface area contributed by atoms with Crippen LogP contribution in [0.25, 0.3) is 0 Å². The van der Waals surface area contributed by atoms with Crippen molar-refractivity contribution in [3.05, 3.63) is 69.0 Å². The van der Waals surface area contributed by atoms with Crippen LogP contribution in [-0.2, 0) is 15.8 Å². The zero-order valence-electron chi connectivity index (χ0n) is 19.3. The van der Waals surface area contributed by atoms with Gasteiger partial charge in [-0.3, -0.25) is 4.79 Å². The Balaban J connectivity index is 1.10. The number of piperidine rings is 1. The van der Waals surface area contributed by atoms with Crippen molar-refractivity contribution in [2.45, 2.75) is 37.5 Å². The number of hydrogen-bond acceptors (Lipinski definition) is 8. The topological polar surface area (TPSA) is 89.8 Å². The number of ether oxygens (including phenoxy) is 1. The number of alkyl halides is 3. The lowest BCUT2D eigenvalue weighted by atomic mass is 9.97. The molecule has 3 aromatic rings. The van der Waals surface area contributed by atoms with Gasteiger partial charge in [-0.25, -0.2) is 15.0 Å². The summed E-state index contributed by atoms with van der Waals surface area (Å²) in [6, 6.07) is 7.53. The highest BCUT2D eigenvalue weighted by Gasteiger charge is 2.33. The molecule has 0 spiro atoms. The van der Waals surface area contributed by atoms with Crippen LogP contribution >= 0.6 is 22.9 Å². The summed E-state index contributed by atoms with van der Waals surface area (Å²) in [4.78, 5) is 31.4. The minimum absolute atomic E-state index is 0.137. The van der Waals surface area contributed by atoms with Crippen molar-refractivity contribution >= 4 is 34.6 Å². The maximum atomic E-state index is 12.6. The van der Waals surface area contributed by atoms with Crippen LogP contribution in [0.1, 0.15) is 53.2 Å². The van der Waals surface area contributed by atoms with E-state index in [2.05, 4.69) is 15.1 Å². The zero-order chi connectivity index (χ0) is 26.0. The second-order valence-corrected chi connectivity index (χ2v) is 9.91. The van der Waals surface area contributed by atoms with Crippen molar-refractivity contribution in [3.8, 4) is 5.88 Å². The fourth-order valence-electron chi connectivity index (χ4n) is 4.18. The van der Waals surface area contributed by atoms with Gasteiger partial charge in [-0.15, -0.1) is 11.3 Å². The Morgan fingerprint density at radius 2 is 1.97 bits per heavy atom. The molecule has 2 aliphatic heterocycles. The number of nitrogens with zero attached hydrogens (tertiary/aromatic N) is 5. The summed E-state index contributed by atoms with van der Waals surface area (Å²) >= 11 is 7.85. The summed E-state index contributed by atoms with van der Waals surface area (Å²) in [5.74, 6) is -0.183. The van der Waals surface area contributed by atoms with Gasteiger partial charge in [0.05, 0.1) is 23.1 Å². The number of hydrogen-bond donors (Lipinski definition) is 0. The van der Waals surface area contributed by atoms with Gasteiger partial charge in [-0.05, 0) is 18.9 Å². The van der Waals surface area contributed by atoms with Gasteiger partial charge in [0.2, 0.25) is 5.88 Å². The quantitative estimate of drug-likeness (QED) is 0.415. The third kappa shape index (κ3) is 5.85. The standard InChI is InChI=1S/C24H21ClF3N5O3S/c25-16-4-2-1-3-15(16)19-9-17(32-36-19)18-13-37-23(31-18)14-5-7-33(8-6-14)22(34)12-35-21-11-29-20(10-30-21)24(26,27)28/h1-4,10-11,13-14,19H,5-9,12H2. The summed E-state index contributed by atoms with van der Waals surface area (Å²) in [6.45, 7) is 0.733. The van der Waals surface area contributed by atoms with Gasteiger partial charge in [0.15, 0.2) is 18.4 Å². The van der Waals surface area contributed by atoms with Crippen LogP contribution in [0.15, 0.2) is 47.2 Å². The smallest absolute Gasteiger partial charge is 0.434 e. The summed E-state index contributed by atoms with van der Waals surface area (Å²) < 4.78 is 43.0. The van der Waals surface area contributed by atoms with E-state index >= 15 is 0 Å². The van der Waals surface area contributed by atoms with Crippen molar-refractivity contribution in [1.82, 2.24) is 19.9 Å². The van der Waals surface area contributed by atoms with Gasteiger partial charge >= 0.3 is 6.18 Å². The van der Waals surface area contributed by atoms with Crippen molar-refractivity contribution in [1.29, 1.82) is 0 Å². The molecule has 0 bridgehead atoms. The number of halogens is 4. The molecular formula is C24H21ClF3N5O3S. The Morgan fingerprint density at radius 1 is 1.19 bits per heavy atom. The Morgan fingerprint density at radius 3 is 2.68 bits per heavy atom. The zero-order valence-corrected chi connectivity index (χ0v) is 20.9. The summed E-state index contributed by atoms with van der Waals surface area (Å²) in [5.41, 5.74) is 1.35. The first-order chi connectivity index (χ1) is 17.8. The molecule has 13 heteroatoms. The minimum Gasteiger partial charge on any atom is -0.466 e. The van der Waals surface area contributed by atoms with E-state index in [9.17, 15) is 18.0 Å². The molecule has 5 rings (SSSR count). The molecule has 1 unspecified atom stereocenters. The number of carbonyl (C=O) groups excluding carboxylic acids is 1. The molecule has 0 N–H and O–H groups in total. The monoisotopic (exact) mass is 551 g/mol. The summed E-state index contributed by atoms with van der Waals surface area (Å²) in [6.07, 6.45) is -1.32. The van der Waals surface area contributed by atoms with Gasteiger partial charge in [0.1, 0.15) is 5.71 Å². The molecule has 1 amide bonds. The van der Waals surface area contributed by atoms with Gasteiger partial charge in [0, 0.05) is 41.4 Å². The molecule has 194 valence electrons. The van der Waals surface area contributed by atoms with Gasteiger partial charge in [-0.1, -0.05) is 35.0 Å². The SMILES string of the molecule is O=C(COc1cnc(C(F)(F)F)cn1)N1CCC(c2nc(C3=NOC(c4ccccc4Cl)C3)cs2)CC1. The maximum absolute atomic E-state index is 12.6. The largest absolute Gasteiger partial charge is 0.466 e. The van der Waals surface area contributed by atoms with E-state index in [-0.39, 0.29) is 30.4 Å². The molecular weight excluding hydrogens is 531 g/mol. The van der Waals surface area contributed by atoms with Gasteiger partial charge < -0.3 is 14.5 Å². The molecule has 0 radical (unpaired) electrons. The molecule has 37 heavy (non-hydrogen) atoms. The Kier molecular flexibility index (Phi) is 7.29. The number of thiazole rings is 1. The Hall–Kier alpha value is -3.25. The molecule has 1 atom stereocenters. The molecule has 1 fully saturated rings. The Labute approximate surface area is 219 Å². The average Bonchev–Trinajstić information content (AvgIpc) is 3.58. The van der Waals surface area contributed by atoms with E-state index in [1.807, 2.05) is 29.6 Å². The summed E-state index contributed by atoms with van der Waals surface area (Å²) in [5, 5.41) is 7.83. The summed E-state index contributed by atoms with van der Waals surface area (Å²) in [7, 11) is 0. The second kappa shape index (κ2) is 10.6. The van der Waals surface area contributed by atoms with E-state index in [1.54, 1.807) is 16.2 Å². The van der Waals surface area contributed by atoms with Crippen LogP contribution in [0.2, 0.25) is 5.02 Å². The highest BCUT2D eigenvalue weighted by molar-refractivity contribution is 7.10. The van der Waals surface area contributed by atoms with Gasteiger partial charge in [0.25, 0.3) is 5.91 Å². The second-order valence-electron chi connectivity index (χ2n) is 8.61. The van der Waals surface area contributed by atoms with Crippen LogP contribution in [0, 0.1) is 0 Å². The molecule has 2 aromatic heterocycles. The number of carbonyl (C=O) groups is 1. The maximum Gasteiger partial charge on any atom is 0.434 e. The first kappa shape index (κ1) is 25.4. The highest BCUT2D eigenvalue weighted by Crippen LogP contribution is 2.35. The molecule has 0 saturated carbocycles. The van der Waals surface area contributed by atoms with Crippen molar-refractivity contribution in [2.75, 3.05) is 19.7 Å². The van der Waals surface area contributed by atoms with Crippen LogP contribution in [-0.4, -0.2) is 51.2 Å². The van der Waals surface area contributed by atoms with Gasteiger partial charge in [-0.2, -0.15) is 13.2 Å². The van der Waals surface area contributed by atoms with Crippen molar-refractivity contribution in [2.24, 2.45) is 5.16 Å². The first-order valence-corrected chi connectivity index (χ1v) is 12.8. The fourth-order valence-corrected chi connectivity index (χ4v) is 5.44. The number of rotatable bonds is 6. The van der Waals surface area contributed by atoms with Crippen LogP contribution in [0.4, 0.5) is 13.2 Å². The van der Waals surface area contributed by atoms with Crippen molar-refractivity contribution < 1.29 is 27.5 Å². The van der Waals surface area contributed by atoms with Crippen LogP contribution in [0.3, 0.4) is 0 Å². The number of benzene rings is 1. The van der Waals surface area contributed by atoms with Crippen LogP contribution < -0.4 is 4.74 Å². The third-order valence-corrected chi connectivity index (χ3v) is 7.55.